The Morgan fingerprint density at radius 1 is 1.05 bits per heavy atom. The van der Waals surface area contributed by atoms with Gasteiger partial charge in [0.25, 0.3) is 0 Å². The minimum absolute atomic E-state index is 0.00352. The summed E-state index contributed by atoms with van der Waals surface area (Å²) < 4.78 is 0. The second-order valence-corrected chi connectivity index (χ2v) is 6.06. The number of carbonyl (C=O) groups excluding carboxylic acids is 2. The highest BCUT2D eigenvalue weighted by Crippen LogP contribution is 2.60. The van der Waals surface area contributed by atoms with E-state index in [9.17, 15) is 9.59 Å². The lowest BCUT2D eigenvalue weighted by atomic mass is 9.94. The summed E-state index contributed by atoms with van der Waals surface area (Å²) in [5.41, 5.74) is 3.34. The van der Waals surface area contributed by atoms with Crippen molar-refractivity contribution in [3.8, 4) is 11.1 Å². The first kappa shape index (κ1) is 13.3. The first-order valence-corrected chi connectivity index (χ1v) is 7.70. The molecule has 0 N–H and O–H groups in total. The van der Waals surface area contributed by atoms with Crippen LogP contribution in [0.15, 0.2) is 54.6 Å². The second-order valence-electron chi connectivity index (χ2n) is 6.06. The number of hydrogen-bond donors (Lipinski definition) is 0. The van der Waals surface area contributed by atoms with Gasteiger partial charge in [-0.05, 0) is 36.1 Å². The third-order valence-corrected chi connectivity index (χ3v) is 4.87. The molecule has 2 fully saturated rings. The molecule has 1 aromatic rings. The molecule has 1 aromatic carbocycles. The third-order valence-electron chi connectivity index (χ3n) is 4.87. The fourth-order valence-corrected chi connectivity index (χ4v) is 3.48. The Labute approximate surface area is 129 Å². The molecule has 0 spiro atoms. The van der Waals surface area contributed by atoms with E-state index in [4.69, 9.17) is 0 Å². The van der Waals surface area contributed by atoms with Gasteiger partial charge in [0.05, 0.1) is 11.3 Å². The predicted molar refractivity (Wildman–Crippen MR) is 84.1 cm³/mol. The van der Waals surface area contributed by atoms with Crippen molar-refractivity contribution in [2.75, 3.05) is 6.54 Å². The third kappa shape index (κ3) is 1.75. The van der Waals surface area contributed by atoms with Gasteiger partial charge in [0.15, 0.2) is 0 Å². The quantitative estimate of drug-likeness (QED) is 0.681. The molecular weight excluding hydrogens is 274 g/mol. The Kier molecular flexibility index (Phi) is 2.73. The molecule has 4 aliphatic rings. The summed E-state index contributed by atoms with van der Waals surface area (Å²) in [5.74, 6) is -0.0881. The van der Waals surface area contributed by atoms with E-state index in [0.717, 1.165) is 5.56 Å². The molecule has 2 unspecified atom stereocenters. The molecule has 1 aliphatic heterocycles. The largest absolute Gasteiger partial charge is 0.282 e. The zero-order chi connectivity index (χ0) is 15.3. The molecule has 5 rings (SSSR count). The van der Waals surface area contributed by atoms with Crippen LogP contribution >= 0.6 is 0 Å². The fourth-order valence-electron chi connectivity index (χ4n) is 3.48. The SMILES string of the molecule is CCN1C(=O)C2CC2(c2ccccc2)C1=O.c1cc2cc-2c1. The number of likely N-dealkylation sites (tertiary alicyclic amines) is 1. The molecule has 3 aliphatic carbocycles. The normalized spacial score (nSPS) is 26.2. The number of hydrogen-bond acceptors (Lipinski definition) is 2. The van der Waals surface area contributed by atoms with Gasteiger partial charge in [-0.15, -0.1) is 0 Å². The Hall–Kier alpha value is -2.42. The van der Waals surface area contributed by atoms with Crippen LogP contribution in [0.4, 0.5) is 0 Å². The lowest BCUT2D eigenvalue weighted by molar-refractivity contribution is -0.141. The van der Waals surface area contributed by atoms with Crippen LogP contribution in [0, 0.1) is 5.92 Å². The van der Waals surface area contributed by atoms with Crippen LogP contribution in [0.25, 0.3) is 11.1 Å². The van der Waals surface area contributed by atoms with Crippen LogP contribution in [-0.2, 0) is 15.0 Å². The lowest BCUT2D eigenvalue weighted by Gasteiger charge is -2.17. The maximum absolute atomic E-state index is 12.2. The maximum Gasteiger partial charge on any atom is 0.240 e. The molecule has 1 saturated carbocycles. The van der Waals surface area contributed by atoms with Crippen molar-refractivity contribution in [2.24, 2.45) is 5.92 Å². The van der Waals surface area contributed by atoms with E-state index in [1.807, 2.05) is 37.3 Å². The Morgan fingerprint density at radius 2 is 1.73 bits per heavy atom. The predicted octanol–water partition coefficient (Wildman–Crippen LogP) is 3.00. The number of likely N-dealkylation sites (N-methyl/N-ethyl adjacent to an activating group) is 1. The van der Waals surface area contributed by atoms with E-state index < -0.39 is 5.41 Å². The Balaban J connectivity index is 0.000000172. The van der Waals surface area contributed by atoms with Gasteiger partial charge in [-0.2, -0.15) is 0 Å². The van der Waals surface area contributed by atoms with Gasteiger partial charge in [-0.3, -0.25) is 14.5 Å². The van der Waals surface area contributed by atoms with Gasteiger partial charge in [0.1, 0.15) is 0 Å². The van der Waals surface area contributed by atoms with Gasteiger partial charge in [-0.25, -0.2) is 0 Å². The molecule has 0 radical (unpaired) electrons. The Morgan fingerprint density at radius 3 is 2.18 bits per heavy atom. The van der Waals surface area contributed by atoms with Crippen LogP contribution in [0.3, 0.4) is 0 Å². The van der Waals surface area contributed by atoms with Crippen molar-refractivity contribution in [3.05, 3.63) is 60.2 Å². The highest BCUT2D eigenvalue weighted by molar-refractivity contribution is 6.15. The van der Waals surface area contributed by atoms with Crippen molar-refractivity contribution >= 4 is 11.8 Å². The van der Waals surface area contributed by atoms with E-state index in [-0.39, 0.29) is 17.7 Å². The summed E-state index contributed by atoms with van der Waals surface area (Å²) >= 11 is 0. The van der Waals surface area contributed by atoms with E-state index in [1.165, 1.54) is 16.0 Å². The zero-order valence-electron chi connectivity index (χ0n) is 12.5. The van der Waals surface area contributed by atoms with Crippen LogP contribution in [0.2, 0.25) is 0 Å². The summed E-state index contributed by atoms with van der Waals surface area (Å²) in [4.78, 5) is 25.5. The van der Waals surface area contributed by atoms with Crippen molar-refractivity contribution in [2.45, 2.75) is 18.8 Å². The summed E-state index contributed by atoms with van der Waals surface area (Å²) in [5, 5.41) is 0. The summed E-state index contributed by atoms with van der Waals surface area (Å²) in [6.07, 6.45) is 0.700. The number of amides is 2. The smallest absolute Gasteiger partial charge is 0.240 e. The fraction of sp³-hybridized carbons (Fsp3) is 0.263. The number of piperidine rings is 1. The van der Waals surface area contributed by atoms with Crippen molar-refractivity contribution in [1.82, 2.24) is 4.90 Å². The van der Waals surface area contributed by atoms with Crippen molar-refractivity contribution in [3.63, 3.8) is 0 Å². The van der Waals surface area contributed by atoms with E-state index in [2.05, 4.69) is 24.3 Å². The molecule has 0 aromatic heterocycles. The van der Waals surface area contributed by atoms with Crippen molar-refractivity contribution < 1.29 is 9.59 Å². The second kappa shape index (κ2) is 4.54. The summed E-state index contributed by atoms with van der Waals surface area (Å²) in [6, 6.07) is 18.2. The molecule has 1 saturated heterocycles. The number of fused-ring (bicyclic) bond motifs is 2. The summed E-state index contributed by atoms with van der Waals surface area (Å²) in [7, 11) is 0. The first-order chi connectivity index (χ1) is 10.7. The highest BCUT2D eigenvalue weighted by atomic mass is 16.2. The number of nitrogens with zero attached hydrogens (tertiary/aromatic N) is 1. The zero-order valence-corrected chi connectivity index (χ0v) is 12.5. The topological polar surface area (TPSA) is 37.4 Å². The van der Waals surface area contributed by atoms with E-state index >= 15 is 0 Å². The molecule has 3 heteroatoms. The average Bonchev–Trinajstić information content (AvgIpc) is 3.43. The Bertz CT molecular complexity index is 751. The number of rotatable bonds is 2. The molecule has 2 amide bonds. The van der Waals surface area contributed by atoms with E-state index in [0.29, 0.717) is 13.0 Å². The number of imide groups is 1. The maximum atomic E-state index is 12.2. The average molecular weight is 291 g/mol. The molecule has 1 heterocycles. The molecule has 22 heavy (non-hydrogen) atoms. The molecule has 110 valence electrons. The van der Waals surface area contributed by atoms with Crippen LogP contribution < -0.4 is 0 Å². The standard InChI is InChI=1S/C13H13NO2.C6H4/c1-2-14-11(15)10-8-13(10,12(14)16)9-6-4-3-5-7-9;1-2-5-4-6(5)3-1/h3-7,10H,2,8H2,1H3;1-4H. The van der Waals surface area contributed by atoms with Crippen LogP contribution in [0.1, 0.15) is 18.9 Å². The van der Waals surface area contributed by atoms with Crippen molar-refractivity contribution in [1.29, 1.82) is 0 Å². The van der Waals surface area contributed by atoms with E-state index in [1.54, 1.807) is 0 Å². The van der Waals surface area contributed by atoms with Gasteiger partial charge < -0.3 is 0 Å². The van der Waals surface area contributed by atoms with Crippen LogP contribution in [0.5, 0.6) is 0 Å². The molecule has 0 bridgehead atoms. The summed E-state index contributed by atoms with van der Waals surface area (Å²) in [6.45, 7) is 2.34. The minimum Gasteiger partial charge on any atom is -0.282 e. The lowest BCUT2D eigenvalue weighted by Crippen LogP contribution is -2.36. The van der Waals surface area contributed by atoms with Gasteiger partial charge in [0.2, 0.25) is 11.8 Å². The minimum atomic E-state index is -0.506. The van der Waals surface area contributed by atoms with Gasteiger partial charge in [0, 0.05) is 6.54 Å². The first-order valence-electron chi connectivity index (χ1n) is 7.70. The molecule has 3 nitrogen and oxygen atoms in total. The monoisotopic (exact) mass is 291 g/mol. The number of benzene rings is 2. The van der Waals surface area contributed by atoms with Gasteiger partial charge >= 0.3 is 0 Å². The highest BCUT2D eigenvalue weighted by Gasteiger charge is 2.71. The molecular formula is C19H17NO2. The number of carbonyl (C=O) groups is 2. The van der Waals surface area contributed by atoms with Crippen LogP contribution in [-0.4, -0.2) is 23.3 Å². The molecule has 2 atom stereocenters. The van der Waals surface area contributed by atoms with Gasteiger partial charge in [-0.1, -0.05) is 48.5 Å².